The molecule has 9 heteroatoms. The number of aromatic nitrogens is 3. The molecule has 1 N–H and O–H groups in total. The Hall–Kier alpha value is -3.52. The summed E-state index contributed by atoms with van der Waals surface area (Å²) >= 11 is 5.91. The van der Waals surface area contributed by atoms with E-state index in [4.69, 9.17) is 16.1 Å². The summed E-state index contributed by atoms with van der Waals surface area (Å²) in [6.07, 6.45) is 1.30. The van der Waals surface area contributed by atoms with Crippen molar-refractivity contribution < 1.29 is 13.7 Å². The maximum Gasteiger partial charge on any atom is 0.266 e. The molecule has 2 aromatic carbocycles. The second kappa shape index (κ2) is 7.84. The largest absolute Gasteiger partial charge is 0.335 e. The van der Waals surface area contributed by atoms with Crippen LogP contribution in [0.4, 0.5) is 10.1 Å². The van der Waals surface area contributed by atoms with Gasteiger partial charge >= 0.3 is 0 Å². The zero-order chi connectivity index (χ0) is 20.4. The van der Waals surface area contributed by atoms with E-state index in [0.717, 1.165) is 11.6 Å². The zero-order valence-electron chi connectivity index (χ0n) is 14.9. The van der Waals surface area contributed by atoms with Crippen molar-refractivity contribution in [2.45, 2.75) is 13.0 Å². The number of hydrogen-bond donors (Lipinski definition) is 1. The Morgan fingerprint density at radius 1 is 1.21 bits per heavy atom. The summed E-state index contributed by atoms with van der Waals surface area (Å²) < 4.78 is 19.6. The van der Waals surface area contributed by atoms with E-state index >= 15 is 0 Å². The van der Waals surface area contributed by atoms with Crippen molar-refractivity contribution in [2.24, 2.45) is 0 Å². The Morgan fingerprint density at radius 2 is 2.00 bits per heavy atom. The lowest BCUT2D eigenvalue weighted by Gasteiger charge is -2.08. The predicted molar refractivity (Wildman–Crippen MR) is 106 cm³/mol. The van der Waals surface area contributed by atoms with Crippen LogP contribution in [0.5, 0.6) is 0 Å². The molecule has 0 aliphatic heterocycles. The average Bonchev–Trinajstić information content (AvgIpc) is 3.15. The van der Waals surface area contributed by atoms with E-state index < -0.39 is 5.82 Å². The minimum atomic E-state index is -0.498. The number of carbonyl (C=O) groups is 1. The molecule has 4 aromatic rings. The topological polar surface area (TPSA) is 90.0 Å². The number of nitrogens with one attached hydrogen (secondary N) is 1. The molecule has 0 saturated carbocycles. The first-order valence-corrected chi connectivity index (χ1v) is 9.06. The van der Waals surface area contributed by atoms with Gasteiger partial charge in [0.25, 0.3) is 11.3 Å². The van der Waals surface area contributed by atoms with E-state index in [0.29, 0.717) is 11.4 Å². The fourth-order valence-corrected chi connectivity index (χ4v) is 3.07. The van der Waals surface area contributed by atoms with E-state index in [9.17, 15) is 14.0 Å². The number of carbonyl (C=O) groups excluding carboxylic acids is 1. The highest BCUT2D eigenvalue weighted by Gasteiger charge is 2.17. The number of halogens is 2. The van der Waals surface area contributed by atoms with Gasteiger partial charge in [-0.25, -0.2) is 9.37 Å². The lowest BCUT2D eigenvalue weighted by Crippen LogP contribution is -2.23. The molecule has 4 rings (SSSR count). The summed E-state index contributed by atoms with van der Waals surface area (Å²) in [4.78, 5) is 29.2. The molecule has 0 radical (unpaired) electrons. The summed E-state index contributed by atoms with van der Waals surface area (Å²) in [5.74, 6) is -0.874. The summed E-state index contributed by atoms with van der Waals surface area (Å²) in [5, 5.41) is 6.90. The summed E-state index contributed by atoms with van der Waals surface area (Å²) in [6, 6.07) is 12.8. The molecule has 0 aliphatic rings. The highest BCUT2D eigenvalue weighted by Crippen LogP contribution is 2.24. The van der Waals surface area contributed by atoms with Crippen molar-refractivity contribution in [3.8, 4) is 11.3 Å². The fourth-order valence-electron chi connectivity index (χ4n) is 2.86. The number of benzene rings is 2. The van der Waals surface area contributed by atoms with Crippen molar-refractivity contribution in [1.29, 1.82) is 0 Å². The van der Waals surface area contributed by atoms with Crippen LogP contribution in [0.25, 0.3) is 22.4 Å². The third kappa shape index (κ3) is 3.88. The van der Waals surface area contributed by atoms with Crippen molar-refractivity contribution in [3.63, 3.8) is 0 Å². The molecule has 7 nitrogen and oxygen atoms in total. The molecule has 0 fully saturated rings. The van der Waals surface area contributed by atoms with Crippen LogP contribution in [0.3, 0.4) is 0 Å². The molecule has 0 aliphatic carbocycles. The molecule has 0 saturated heterocycles. The Labute approximate surface area is 168 Å². The molecule has 2 heterocycles. The summed E-state index contributed by atoms with van der Waals surface area (Å²) in [7, 11) is 0. The van der Waals surface area contributed by atoms with Crippen LogP contribution in [-0.2, 0) is 11.3 Å². The highest BCUT2D eigenvalue weighted by molar-refractivity contribution is 6.33. The van der Waals surface area contributed by atoms with Gasteiger partial charge in [0.15, 0.2) is 0 Å². The van der Waals surface area contributed by atoms with Gasteiger partial charge in [-0.2, -0.15) is 0 Å². The highest BCUT2D eigenvalue weighted by atomic mass is 35.5. The van der Waals surface area contributed by atoms with Crippen LogP contribution in [-0.4, -0.2) is 20.6 Å². The van der Waals surface area contributed by atoms with E-state index in [-0.39, 0.29) is 40.6 Å². The third-order valence-electron chi connectivity index (χ3n) is 4.30. The first-order chi connectivity index (χ1) is 14.0. The normalized spacial score (nSPS) is 11.0. The van der Waals surface area contributed by atoms with Crippen LogP contribution in [0.2, 0.25) is 5.02 Å². The van der Waals surface area contributed by atoms with Crippen molar-refractivity contribution in [1.82, 2.24) is 14.7 Å². The van der Waals surface area contributed by atoms with Gasteiger partial charge in [0, 0.05) is 18.5 Å². The van der Waals surface area contributed by atoms with Gasteiger partial charge in [0.2, 0.25) is 5.91 Å². The standard InChI is InChI=1S/C20H14ClFN4O3/c21-14-10-13(22)6-7-15(14)24-16(27)8-9-26-11-23-19-17(20(26)28)18(25-29-19)12-4-2-1-3-5-12/h1-7,10-11H,8-9H2,(H,24,27). The monoisotopic (exact) mass is 412 g/mol. The molecule has 1 amide bonds. The first-order valence-electron chi connectivity index (χ1n) is 8.68. The molecule has 2 aromatic heterocycles. The number of anilines is 1. The van der Waals surface area contributed by atoms with Crippen molar-refractivity contribution in [2.75, 3.05) is 5.32 Å². The minimum absolute atomic E-state index is 0.00719. The molecule has 146 valence electrons. The van der Waals surface area contributed by atoms with Gasteiger partial charge < -0.3 is 9.84 Å². The lowest BCUT2D eigenvalue weighted by molar-refractivity contribution is -0.116. The van der Waals surface area contributed by atoms with Crippen LogP contribution in [0.1, 0.15) is 6.42 Å². The number of rotatable bonds is 5. The molecule has 29 heavy (non-hydrogen) atoms. The number of hydrogen-bond acceptors (Lipinski definition) is 5. The molecule has 0 spiro atoms. The molecule has 0 atom stereocenters. The second-order valence-corrected chi connectivity index (χ2v) is 6.65. The van der Waals surface area contributed by atoms with E-state index in [1.54, 1.807) is 0 Å². The zero-order valence-corrected chi connectivity index (χ0v) is 15.7. The predicted octanol–water partition coefficient (Wildman–Crippen LogP) is 3.87. The van der Waals surface area contributed by atoms with Gasteiger partial charge in [0.05, 0.1) is 10.7 Å². The Kier molecular flexibility index (Phi) is 5.09. The van der Waals surface area contributed by atoms with Gasteiger partial charge in [-0.1, -0.05) is 47.1 Å². The Morgan fingerprint density at radius 3 is 2.76 bits per heavy atom. The second-order valence-electron chi connectivity index (χ2n) is 6.24. The van der Waals surface area contributed by atoms with Crippen molar-refractivity contribution >= 4 is 34.3 Å². The fraction of sp³-hybridized carbons (Fsp3) is 0.100. The van der Waals surface area contributed by atoms with E-state index in [2.05, 4.69) is 15.5 Å². The SMILES string of the molecule is O=C(CCn1cnc2onc(-c3ccccc3)c2c1=O)Nc1ccc(F)cc1Cl. The summed E-state index contributed by atoms with van der Waals surface area (Å²) in [5.41, 5.74) is 1.20. The Balaban J connectivity index is 1.55. The average molecular weight is 413 g/mol. The van der Waals surface area contributed by atoms with E-state index in [1.807, 2.05) is 30.3 Å². The third-order valence-corrected chi connectivity index (χ3v) is 4.61. The van der Waals surface area contributed by atoms with E-state index in [1.165, 1.54) is 23.0 Å². The minimum Gasteiger partial charge on any atom is -0.335 e. The smallest absolute Gasteiger partial charge is 0.266 e. The van der Waals surface area contributed by atoms with Gasteiger partial charge in [0.1, 0.15) is 23.2 Å². The molecular weight excluding hydrogens is 399 g/mol. The van der Waals surface area contributed by atoms with Crippen molar-refractivity contribution in [3.05, 3.63) is 76.1 Å². The number of aryl methyl sites for hydroxylation is 1. The van der Waals surface area contributed by atoms with Crippen LogP contribution >= 0.6 is 11.6 Å². The maximum atomic E-state index is 13.1. The lowest BCUT2D eigenvalue weighted by atomic mass is 10.1. The van der Waals surface area contributed by atoms with Gasteiger partial charge in [-0.05, 0) is 18.2 Å². The summed E-state index contributed by atoms with van der Waals surface area (Å²) in [6.45, 7) is 0.0891. The quantitative estimate of drug-likeness (QED) is 0.537. The Bertz CT molecular complexity index is 1250. The van der Waals surface area contributed by atoms with Gasteiger partial charge in [-0.15, -0.1) is 0 Å². The number of nitrogens with zero attached hydrogens (tertiary/aromatic N) is 3. The number of amides is 1. The van der Waals surface area contributed by atoms with Crippen LogP contribution < -0.4 is 10.9 Å². The first kappa shape index (κ1) is 18.8. The van der Waals surface area contributed by atoms with Crippen LogP contribution in [0, 0.1) is 5.82 Å². The molecule has 0 unspecified atom stereocenters. The number of fused-ring (bicyclic) bond motifs is 1. The van der Waals surface area contributed by atoms with Crippen LogP contribution in [0.15, 0.2) is 64.2 Å². The van der Waals surface area contributed by atoms with Gasteiger partial charge in [-0.3, -0.25) is 14.2 Å². The molecule has 0 bridgehead atoms. The maximum absolute atomic E-state index is 13.1. The molecular formula is C20H14ClFN4O3.